The fourth-order valence-corrected chi connectivity index (χ4v) is 1.55. The molecule has 0 atom stereocenters. The number of rotatable bonds is 6. The lowest BCUT2D eigenvalue weighted by Gasteiger charge is -2.08. The largest absolute Gasteiger partial charge is 0.412 e. The number of benzene rings is 1. The summed E-state index contributed by atoms with van der Waals surface area (Å²) < 4.78 is 5.20. The van der Waals surface area contributed by atoms with Crippen LogP contribution in [0, 0.1) is 6.92 Å². The molecule has 0 unspecified atom stereocenters. The van der Waals surface area contributed by atoms with E-state index in [1.807, 2.05) is 25.1 Å². The average Bonchev–Trinajstić information content (AvgIpc) is 2.32. The molecular formula is C14H21NO2. The molecule has 0 saturated heterocycles. The van der Waals surface area contributed by atoms with Crippen LogP contribution >= 0.6 is 0 Å². The summed E-state index contributed by atoms with van der Waals surface area (Å²) in [6.07, 6.45) is 4.22. The van der Waals surface area contributed by atoms with Crippen LogP contribution in [0.15, 0.2) is 24.3 Å². The molecule has 0 radical (unpaired) electrons. The van der Waals surface area contributed by atoms with Crippen molar-refractivity contribution >= 4 is 6.09 Å². The lowest BCUT2D eigenvalue weighted by atomic mass is 10.2. The molecule has 1 rings (SSSR count). The summed E-state index contributed by atoms with van der Waals surface area (Å²) in [5.41, 5.74) is 0.966. The number of unbranched alkanes of at least 4 members (excludes halogenated alkanes) is 3. The van der Waals surface area contributed by atoms with Gasteiger partial charge in [-0.2, -0.15) is 0 Å². The summed E-state index contributed by atoms with van der Waals surface area (Å²) in [6.45, 7) is 4.77. The van der Waals surface area contributed by atoms with Crippen LogP contribution in [-0.4, -0.2) is 12.6 Å². The van der Waals surface area contributed by atoms with Crippen LogP contribution in [-0.2, 0) is 0 Å². The highest BCUT2D eigenvalue weighted by Crippen LogP contribution is 2.15. The van der Waals surface area contributed by atoms with E-state index in [1.54, 1.807) is 6.07 Å². The topological polar surface area (TPSA) is 38.3 Å². The minimum absolute atomic E-state index is 0.365. The quantitative estimate of drug-likeness (QED) is 0.764. The van der Waals surface area contributed by atoms with E-state index in [-0.39, 0.29) is 6.09 Å². The van der Waals surface area contributed by atoms with Crippen molar-refractivity contribution in [2.75, 3.05) is 6.54 Å². The summed E-state index contributed by atoms with van der Waals surface area (Å²) in [6, 6.07) is 7.50. The molecule has 0 spiro atoms. The highest BCUT2D eigenvalue weighted by atomic mass is 16.6. The second-order valence-corrected chi connectivity index (χ2v) is 4.14. The lowest BCUT2D eigenvalue weighted by Crippen LogP contribution is -2.27. The Morgan fingerprint density at radius 1 is 1.24 bits per heavy atom. The maximum Gasteiger partial charge on any atom is 0.412 e. The number of para-hydroxylation sites is 1. The fraction of sp³-hybridized carbons (Fsp3) is 0.500. The molecule has 0 heterocycles. The predicted molar refractivity (Wildman–Crippen MR) is 69.3 cm³/mol. The second-order valence-electron chi connectivity index (χ2n) is 4.14. The first-order valence-corrected chi connectivity index (χ1v) is 6.25. The second kappa shape index (κ2) is 7.71. The summed E-state index contributed by atoms with van der Waals surface area (Å²) in [4.78, 5) is 11.5. The summed E-state index contributed by atoms with van der Waals surface area (Å²) in [5, 5.41) is 2.76. The third kappa shape index (κ3) is 5.38. The third-order valence-corrected chi connectivity index (χ3v) is 2.60. The van der Waals surface area contributed by atoms with Gasteiger partial charge in [-0.3, -0.25) is 0 Å². The van der Waals surface area contributed by atoms with E-state index in [0.717, 1.165) is 18.4 Å². The van der Waals surface area contributed by atoms with Crippen molar-refractivity contribution in [3.8, 4) is 5.75 Å². The van der Waals surface area contributed by atoms with Gasteiger partial charge in [0.15, 0.2) is 0 Å². The highest BCUT2D eigenvalue weighted by Gasteiger charge is 2.04. The van der Waals surface area contributed by atoms with Crippen molar-refractivity contribution in [1.82, 2.24) is 5.32 Å². The Morgan fingerprint density at radius 2 is 2.00 bits per heavy atom. The smallest absolute Gasteiger partial charge is 0.410 e. The Labute approximate surface area is 103 Å². The molecule has 1 N–H and O–H groups in total. The van der Waals surface area contributed by atoms with Crippen LogP contribution in [0.2, 0.25) is 0 Å². The van der Waals surface area contributed by atoms with Crippen molar-refractivity contribution in [2.45, 2.75) is 39.5 Å². The van der Waals surface area contributed by atoms with E-state index in [1.165, 1.54) is 12.8 Å². The lowest BCUT2D eigenvalue weighted by molar-refractivity contribution is 0.200. The van der Waals surface area contributed by atoms with Crippen molar-refractivity contribution < 1.29 is 9.53 Å². The number of hydrogen-bond acceptors (Lipinski definition) is 2. The first kappa shape index (κ1) is 13.6. The first-order valence-electron chi connectivity index (χ1n) is 6.25. The van der Waals surface area contributed by atoms with Gasteiger partial charge in [-0.1, -0.05) is 44.4 Å². The van der Waals surface area contributed by atoms with Crippen LogP contribution in [0.5, 0.6) is 5.75 Å². The van der Waals surface area contributed by atoms with E-state index < -0.39 is 0 Å². The molecule has 0 aromatic heterocycles. The van der Waals surface area contributed by atoms with Gasteiger partial charge in [0.1, 0.15) is 5.75 Å². The van der Waals surface area contributed by atoms with Gasteiger partial charge in [-0.05, 0) is 25.0 Å². The monoisotopic (exact) mass is 235 g/mol. The zero-order chi connectivity index (χ0) is 12.5. The molecule has 1 aromatic carbocycles. The van der Waals surface area contributed by atoms with Crippen molar-refractivity contribution in [1.29, 1.82) is 0 Å². The van der Waals surface area contributed by atoms with Crippen molar-refractivity contribution in [3.63, 3.8) is 0 Å². The van der Waals surface area contributed by atoms with Gasteiger partial charge in [-0.25, -0.2) is 4.79 Å². The van der Waals surface area contributed by atoms with Gasteiger partial charge >= 0.3 is 6.09 Å². The van der Waals surface area contributed by atoms with Crippen LogP contribution in [0.3, 0.4) is 0 Å². The zero-order valence-corrected chi connectivity index (χ0v) is 10.7. The van der Waals surface area contributed by atoms with Crippen LogP contribution in [0.4, 0.5) is 4.79 Å². The minimum Gasteiger partial charge on any atom is -0.410 e. The first-order chi connectivity index (χ1) is 8.24. The summed E-state index contributed by atoms with van der Waals surface area (Å²) in [7, 11) is 0. The van der Waals surface area contributed by atoms with Crippen LogP contribution in [0.1, 0.15) is 38.2 Å². The van der Waals surface area contributed by atoms with Gasteiger partial charge < -0.3 is 10.1 Å². The number of carbonyl (C=O) groups is 1. The number of ether oxygens (including phenoxy) is 1. The van der Waals surface area contributed by atoms with E-state index in [4.69, 9.17) is 4.74 Å². The Kier molecular flexibility index (Phi) is 6.15. The van der Waals surface area contributed by atoms with Crippen molar-refractivity contribution in [2.24, 2.45) is 0 Å². The minimum atomic E-state index is -0.365. The average molecular weight is 235 g/mol. The number of nitrogens with one attached hydrogen (secondary N) is 1. The summed E-state index contributed by atoms with van der Waals surface area (Å²) >= 11 is 0. The number of aryl methyl sites for hydroxylation is 1. The number of amides is 1. The molecular weight excluding hydrogens is 214 g/mol. The number of hydrogen-bond donors (Lipinski definition) is 1. The van der Waals surface area contributed by atoms with Gasteiger partial charge in [0.2, 0.25) is 0 Å². The Hall–Kier alpha value is -1.51. The number of carbonyl (C=O) groups excluding carboxylic acids is 1. The van der Waals surface area contributed by atoms with Crippen LogP contribution < -0.4 is 10.1 Å². The fourth-order valence-electron chi connectivity index (χ4n) is 1.55. The predicted octanol–water partition coefficient (Wildman–Crippen LogP) is 3.66. The molecule has 94 valence electrons. The Balaban J connectivity index is 2.23. The molecule has 0 aliphatic rings. The molecule has 0 saturated carbocycles. The molecule has 0 fully saturated rings. The van der Waals surface area contributed by atoms with Crippen LogP contribution in [0.25, 0.3) is 0 Å². The highest BCUT2D eigenvalue weighted by molar-refractivity contribution is 5.70. The third-order valence-electron chi connectivity index (χ3n) is 2.60. The molecule has 0 bridgehead atoms. The SMILES string of the molecule is CCCCCCNC(=O)Oc1ccccc1C. The Morgan fingerprint density at radius 3 is 2.71 bits per heavy atom. The van der Waals surface area contributed by atoms with E-state index in [2.05, 4.69) is 12.2 Å². The van der Waals surface area contributed by atoms with Gasteiger partial charge in [0.05, 0.1) is 0 Å². The van der Waals surface area contributed by atoms with Gasteiger partial charge in [0, 0.05) is 6.54 Å². The standard InChI is InChI=1S/C14H21NO2/c1-3-4-5-8-11-15-14(16)17-13-10-7-6-9-12(13)2/h6-7,9-10H,3-5,8,11H2,1-2H3,(H,15,16). The van der Waals surface area contributed by atoms with Crippen molar-refractivity contribution in [3.05, 3.63) is 29.8 Å². The molecule has 0 aliphatic heterocycles. The maximum absolute atomic E-state index is 11.5. The zero-order valence-electron chi connectivity index (χ0n) is 10.7. The summed E-state index contributed by atoms with van der Waals surface area (Å²) in [5.74, 6) is 0.624. The molecule has 17 heavy (non-hydrogen) atoms. The Bertz CT molecular complexity index is 350. The van der Waals surface area contributed by atoms with E-state index in [0.29, 0.717) is 12.3 Å². The normalized spacial score (nSPS) is 10.0. The van der Waals surface area contributed by atoms with Gasteiger partial charge in [-0.15, -0.1) is 0 Å². The molecule has 1 aromatic rings. The maximum atomic E-state index is 11.5. The molecule has 3 heteroatoms. The molecule has 1 amide bonds. The van der Waals surface area contributed by atoms with E-state index in [9.17, 15) is 4.79 Å². The van der Waals surface area contributed by atoms with E-state index >= 15 is 0 Å². The molecule has 3 nitrogen and oxygen atoms in total. The molecule has 0 aliphatic carbocycles. The van der Waals surface area contributed by atoms with Gasteiger partial charge in [0.25, 0.3) is 0 Å².